The summed E-state index contributed by atoms with van der Waals surface area (Å²) in [6.07, 6.45) is 6.80. The van der Waals surface area contributed by atoms with Gasteiger partial charge >= 0.3 is 5.97 Å². The summed E-state index contributed by atoms with van der Waals surface area (Å²) in [5, 5.41) is 17.0. The van der Waals surface area contributed by atoms with Crippen LogP contribution in [0.5, 0.6) is 5.75 Å². The van der Waals surface area contributed by atoms with E-state index in [2.05, 4.69) is 10.3 Å². The van der Waals surface area contributed by atoms with Crippen LogP contribution in [0.15, 0.2) is 66.9 Å². The number of phenols is 1. The maximum Gasteiger partial charge on any atom is 0.358 e. The Morgan fingerprint density at radius 2 is 1.69 bits per heavy atom. The number of phenolic OH excluding ortho intramolecular Hbond substituents is 1. The van der Waals surface area contributed by atoms with Gasteiger partial charge in [-0.25, -0.2) is 9.48 Å². The number of benzene rings is 2. The third-order valence-electron chi connectivity index (χ3n) is 4.35. The molecule has 8 heteroatoms. The average Bonchev–Trinajstić information content (AvgIpc) is 3.27. The molecule has 8 nitrogen and oxygen atoms in total. The van der Waals surface area contributed by atoms with Crippen LogP contribution in [0.3, 0.4) is 0 Å². The molecule has 0 bridgehead atoms. The zero-order valence-corrected chi connectivity index (χ0v) is 17.3. The molecule has 0 radical (unpaired) electrons. The molecule has 2 aromatic carbocycles. The number of aromatic hydroxyl groups is 1. The van der Waals surface area contributed by atoms with Crippen molar-refractivity contribution in [2.24, 2.45) is 0 Å². The first kappa shape index (κ1) is 22.4. The molecule has 32 heavy (non-hydrogen) atoms. The maximum atomic E-state index is 12.3. The molecule has 0 fully saturated rings. The molecule has 3 aromatic rings. The van der Waals surface area contributed by atoms with E-state index in [1.54, 1.807) is 55.5 Å². The van der Waals surface area contributed by atoms with Gasteiger partial charge in [0.15, 0.2) is 17.3 Å². The van der Waals surface area contributed by atoms with Gasteiger partial charge in [-0.3, -0.25) is 9.59 Å². The number of ether oxygens (including phenoxy) is 1. The number of rotatable bonds is 9. The molecule has 0 atom stereocenters. The van der Waals surface area contributed by atoms with Gasteiger partial charge in [0.2, 0.25) is 0 Å². The molecule has 1 aromatic heterocycles. The van der Waals surface area contributed by atoms with E-state index in [0.717, 1.165) is 5.56 Å². The van der Waals surface area contributed by atoms with Crippen LogP contribution >= 0.6 is 0 Å². The first-order valence-electron chi connectivity index (χ1n) is 9.86. The normalized spacial score (nSPS) is 11.2. The van der Waals surface area contributed by atoms with Crippen LogP contribution < -0.4 is 0 Å². The highest BCUT2D eigenvalue weighted by Crippen LogP contribution is 2.18. The van der Waals surface area contributed by atoms with Gasteiger partial charge in [-0.2, -0.15) is 0 Å². The number of ketones is 2. The fourth-order valence-electron chi connectivity index (χ4n) is 2.83. The van der Waals surface area contributed by atoms with Gasteiger partial charge in [-0.05, 0) is 48.9 Å². The SMILES string of the molecule is CCOC(=O)c1cnnn1-c1ccccc1/C=C/C(=O)CC(=O)/C=C/c1ccc(O)cc1. The van der Waals surface area contributed by atoms with Crippen LogP contribution in [0, 0.1) is 0 Å². The van der Waals surface area contributed by atoms with Gasteiger partial charge in [0.25, 0.3) is 0 Å². The second-order valence-corrected chi connectivity index (χ2v) is 6.68. The second kappa shape index (κ2) is 10.6. The number of carbonyl (C=O) groups is 3. The summed E-state index contributed by atoms with van der Waals surface area (Å²) in [6, 6.07) is 13.4. The Balaban J connectivity index is 1.70. The third-order valence-corrected chi connectivity index (χ3v) is 4.35. The lowest BCUT2D eigenvalue weighted by Gasteiger charge is -2.08. The van der Waals surface area contributed by atoms with Crippen LogP contribution in [0.1, 0.15) is 35.0 Å². The lowest BCUT2D eigenvalue weighted by atomic mass is 10.1. The van der Waals surface area contributed by atoms with Crippen LogP contribution in [-0.4, -0.2) is 44.2 Å². The molecule has 0 aliphatic heterocycles. The standard InChI is InChI=1S/C24H21N3O5/c1-2-32-24(31)23-16-25-26-27(23)22-6-4-3-5-18(22)10-14-21(30)15-20(29)13-9-17-7-11-19(28)12-8-17/h3-14,16,28H,2,15H2,1H3/b13-9+,14-10+. The van der Waals surface area contributed by atoms with E-state index in [9.17, 15) is 19.5 Å². The molecular formula is C24H21N3O5. The molecule has 0 spiro atoms. The summed E-state index contributed by atoms with van der Waals surface area (Å²) in [6.45, 7) is 1.92. The van der Waals surface area contributed by atoms with Crippen LogP contribution in [0.25, 0.3) is 17.8 Å². The smallest absolute Gasteiger partial charge is 0.358 e. The van der Waals surface area contributed by atoms with E-state index >= 15 is 0 Å². The number of nitrogens with zero attached hydrogens (tertiary/aromatic N) is 3. The predicted molar refractivity (Wildman–Crippen MR) is 118 cm³/mol. The van der Waals surface area contributed by atoms with Crippen molar-refractivity contribution in [3.05, 3.63) is 83.7 Å². The quantitative estimate of drug-likeness (QED) is 0.314. The first-order valence-corrected chi connectivity index (χ1v) is 9.86. The largest absolute Gasteiger partial charge is 0.508 e. The lowest BCUT2D eigenvalue weighted by Crippen LogP contribution is -2.12. The highest BCUT2D eigenvalue weighted by molar-refractivity contribution is 6.11. The van der Waals surface area contributed by atoms with Crippen LogP contribution in [-0.2, 0) is 14.3 Å². The lowest BCUT2D eigenvalue weighted by molar-refractivity contribution is -0.121. The van der Waals surface area contributed by atoms with Crippen molar-refractivity contribution in [3.63, 3.8) is 0 Å². The molecular weight excluding hydrogens is 410 g/mol. The van der Waals surface area contributed by atoms with E-state index in [4.69, 9.17) is 4.74 Å². The van der Waals surface area contributed by atoms with Gasteiger partial charge in [0.1, 0.15) is 5.75 Å². The van der Waals surface area contributed by atoms with Crippen molar-refractivity contribution in [2.75, 3.05) is 6.61 Å². The summed E-state index contributed by atoms with van der Waals surface area (Å²) in [5.41, 5.74) is 2.05. The number of hydrogen-bond acceptors (Lipinski definition) is 7. The Kier molecular flexibility index (Phi) is 7.42. The Labute approximate surface area is 184 Å². The van der Waals surface area contributed by atoms with Gasteiger partial charge < -0.3 is 9.84 Å². The molecule has 0 saturated carbocycles. The zero-order chi connectivity index (χ0) is 22.9. The van der Waals surface area contributed by atoms with Crippen LogP contribution in [0.4, 0.5) is 0 Å². The Morgan fingerprint density at radius 3 is 2.41 bits per heavy atom. The number of esters is 1. The molecule has 3 rings (SSSR count). The van der Waals surface area contributed by atoms with Crippen molar-refractivity contribution in [1.82, 2.24) is 15.0 Å². The fourth-order valence-corrected chi connectivity index (χ4v) is 2.83. The topological polar surface area (TPSA) is 111 Å². The van der Waals surface area contributed by atoms with E-state index < -0.39 is 5.97 Å². The van der Waals surface area contributed by atoms with Crippen molar-refractivity contribution in [3.8, 4) is 11.4 Å². The van der Waals surface area contributed by atoms with E-state index in [1.165, 1.54) is 35.2 Å². The highest BCUT2D eigenvalue weighted by Gasteiger charge is 2.17. The Bertz CT molecular complexity index is 1180. The van der Waals surface area contributed by atoms with Gasteiger partial charge in [0.05, 0.1) is 24.9 Å². The number of hydrogen-bond donors (Lipinski definition) is 1. The van der Waals surface area contributed by atoms with E-state index in [0.29, 0.717) is 11.3 Å². The number of allylic oxidation sites excluding steroid dienone is 2. The van der Waals surface area contributed by atoms with Gasteiger partial charge in [-0.1, -0.05) is 41.6 Å². The van der Waals surface area contributed by atoms with Crippen molar-refractivity contribution in [2.45, 2.75) is 13.3 Å². The summed E-state index contributed by atoms with van der Waals surface area (Å²) in [5.74, 6) is -1.14. The average molecular weight is 431 g/mol. The first-order chi connectivity index (χ1) is 15.5. The molecule has 162 valence electrons. The monoisotopic (exact) mass is 431 g/mol. The summed E-state index contributed by atoms with van der Waals surface area (Å²) >= 11 is 0. The molecule has 1 heterocycles. The number of para-hydroxylation sites is 1. The molecule has 0 amide bonds. The zero-order valence-electron chi connectivity index (χ0n) is 17.3. The summed E-state index contributed by atoms with van der Waals surface area (Å²) < 4.78 is 6.36. The number of aromatic nitrogens is 3. The molecule has 0 aliphatic carbocycles. The van der Waals surface area contributed by atoms with Crippen molar-refractivity contribution in [1.29, 1.82) is 0 Å². The minimum atomic E-state index is -0.557. The van der Waals surface area contributed by atoms with E-state index in [-0.39, 0.29) is 36.0 Å². The van der Waals surface area contributed by atoms with Crippen LogP contribution in [0.2, 0.25) is 0 Å². The predicted octanol–water partition coefficient (Wildman–Crippen LogP) is 3.40. The van der Waals surface area contributed by atoms with Gasteiger partial charge in [-0.15, -0.1) is 5.10 Å². The fraction of sp³-hybridized carbons (Fsp3) is 0.125. The van der Waals surface area contributed by atoms with Crippen molar-refractivity contribution >= 4 is 29.7 Å². The maximum absolute atomic E-state index is 12.3. The molecule has 1 N–H and O–H groups in total. The Hall–Kier alpha value is -4.33. The minimum Gasteiger partial charge on any atom is -0.508 e. The Morgan fingerprint density at radius 1 is 1.00 bits per heavy atom. The third kappa shape index (κ3) is 5.85. The second-order valence-electron chi connectivity index (χ2n) is 6.68. The van der Waals surface area contributed by atoms with E-state index in [1.807, 2.05) is 0 Å². The molecule has 0 aliphatic rings. The molecule has 0 saturated heterocycles. The summed E-state index contributed by atoms with van der Waals surface area (Å²) in [4.78, 5) is 36.5. The minimum absolute atomic E-state index is 0.134. The van der Waals surface area contributed by atoms with Gasteiger partial charge in [0, 0.05) is 5.56 Å². The highest BCUT2D eigenvalue weighted by atomic mass is 16.5. The number of carbonyl (C=O) groups excluding carboxylic acids is 3. The van der Waals surface area contributed by atoms with Crippen molar-refractivity contribution < 1.29 is 24.2 Å². The molecule has 0 unspecified atom stereocenters. The summed E-state index contributed by atoms with van der Waals surface area (Å²) in [7, 11) is 0.